The zero-order chi connectivity index (χ0) is 14.1. The third kappa shape index (κ3) is 6.02. The van der Waals surface area contributed by atoms with Gasteiger partial charge in [0.2, 0.25) is 0 Å². The Labute approximate surface area is 115 Å². The van der Waals surface area contributed by atoms with Crippen LogP contribution in [0.1, 0.15) is 12.0 Å². The molecule has 1 unspecified atom stereocenters. The van der Waals surface area contributed by atoms with Crippen LogP contribution in [-0.2, 0) is 22.1 Å². The van der Waals surface area contributed by atoms with Crippen molar-refractivity contribution in [2.45, 2.75) is 13.0 Å². The zero-order valence-corrected chi connectivity index (χ0v) is 11.8. The summed E-state index contributed by atoms with van der Waals surface area (Å²) >= 11 is -2.43. The number of hydrogen-bond donors (Lipinski definition) is 1. The summed E-state index contributed by atoms with van der Waals surface area (Å²) in [5.74, 6) is 1.50. The summed E-state index contributed by atoms with van der Waals surface area (Å²) < 4.78 is 35.0. The van der Waals surface area contributed by atoms with Crippen LogP contribution in [0.4, 0.5) is 0 Å². The molecule has 19 heavy (non-hydrogen) atoms. The highest BCUT2D eigenvalue weighted by molar-refractivity contribution is 7.74. The first-order valence-corrected chi connectivity index (χ1v) is 6.81. The zero-order valence-electron chi connectivity index (χ0n) is 11.0. The minimum Gasteiger partial charge on any atom is -0.750 e. The maximum atomic E-state index is 10.1. The molecular weight excluding hydrogens is 270 g/mol. The fourth-order valence-corrected chi connectivity index (χ4v) is 1.80. The van der Waals surface area contributed by atoms with E-state index in [0.29, 0.717) is 19.5 Å². The van der Waals surface area contributed by atoms with Gasteiger partial charge in [0, 0.05) is 18.2 Å². The van der Waals surface area contributed by atoms with Crippen LogP contribution in [0.3, 0.4) is 0 Å². The molecule has 0 fully saturated rings. The lowest BCUT2D eigenvalue weighted by molar-refractivity contribution is 0.293. The van der Waals surface area contributed by atoms with Crippen molar-refractivity contribution in [3.05, 3.63) is 23.8 Å². The van der Waals surface area contributed by atoms with Gasteiger partial charge in [0.25, 0.3) is 0 Å². The molecule has 1 N–H and O–H groups in total. The first-order valence-electron chi connectivity index (χ1n) is 5.81. The molecule has 1 atom stereocenters. The minimum absolute atomic E-state index is 0.183. The molecule has 0 aliphatic carbocycles. The van der Waals surface area contributed by atoms with Crippen LogP contribution in [0.2, 0.25) is 0 Å². The SMILES string of the molecule is COc1ccc(CNCCCOS(=O)[O-])c(OC)c1. The van der Waals surface area contributed by atoms with Crippen LogP contribution in [-0.4, -0.2) is 36.1 Å². The molecule has 0 saturated heterocycles. The van der Waals surface area contributed by atoms with Gasteiger partial charge in [0.05, 0.1) is 32.2 Å². The third-order valence-corrected chi connectivity index (χ3v) is 2.85. The van der Waals surface area contributed by atoms with Crippen molar-refractivity contribution >= 4 is 11.4 Å². The normalized spacial score (nSPS) is 12.2. The van der Waals surface area contributed by atoms with Gasteiger partial charge < -0.3 is 23.5 Å². The van der Waals surface area contributed by atoms with Crippen molar-refractivity contribution in [3.63, 3.8) is 0 Å². The maximum absolute atomic E-state index is 10.1. The lowest BCUT2D eigenvalue weighted by atomic mass is 10.2. The van der Waals surface area contributed by atoms with Crippen LogP contribution < -0.4 is 14.8 Å². The van der Waals surface area contributed by atoms with Crippen molar-refractivity contribution in [2.75, 3.05) is 27.4 Å². The fourth-order valence-electron chi connectivity index (χ4n) is 1.55. The Bertz CT molecular complexity index is 413. The molecule has 1 aromatic rings. The van der Waals surface area contributed by atoms with Gasteiger partial charge in [-0.15, -0.1) is 0 Å². The second-order valence-electron chi connectivity index (χ2n) is 3.73. The molecular formula is C12H18NO5S-. The lowest BCUT2D eigenvalue weighted by Crippen LogP contribution is -2.17. The van der Waals surface area contributed by atoms with Gasteiger partial charge in [-0.3, -0.25) is 0 Å². The Hall–Kier alpha value is -1.15. The molecule has 0 heterocycles. The summed E-state index contributed by atoms with van der Waals surface area (Å²) in [6, 6.07) is 5.61. The second kappa shape index (κ2) is 8.87. The Kier molecular flexibility index (Phi) is 7.42. The number of nitrogens with one attached hydrogen (secondary N) is 1. The average Bonchev–Trinajstić information content (AvgIpc) is 2.42. The molecule has 7 heteroatoms. The van der Waals surface area contributed by atoms with Gasteiger partial charge >= 0.3 is 0 Å². The third-order valence-electron chi connectivity index (χ3n) is 2.49. The first kappa shape index (κ1) is 15.9. The van der Waals surface area contributed by atoms with Crippen molar-refractivity contribution in [1.29, 1.82) is 0 Å². The minimum atomic E-state index is -2.43. The van der Waals surface area contributed by atoms with Gasteiger partial charge in [-0.1, -0.05) is 6.07 Å². The molecule has 0 radical (unpaired) electrons. The van der Waals surface area contributed by atoms with Crippen LogP contribution in [0.15, 0.2) is 18.2 Å². The Morgan fingerprint density at radius 3 is 2.74 bits per heavy atom. The van der Waals surface area contributed by atoms with E-state index in [1.165, 1.54) is 0 Å². The van der Waals surface area contributed by atoms with E-state index in [2.05, 4.69) is 9.50 Å². The van der Waals surface area contributed by atoms with E-state index in [9.17, 15) is 8.76 Å². The maximum Gasteiger partial charge on any atom is 0.127 e. The molecule has 0 bridgehead atoms. The number of rotatable bonds is 9. The molecule has 0 aliphatic rings. The fraction of sp³-hybridized carbons (Fsp3) is 0.500. The summed E-state index contributed by atoms with van der Waals surface area (Å²) in [6.07, 6.45) is 0.618. The summed E-state index contributed by atoms with van der Waals surface area (Å²) in [5, 5.41) is 3.19. The predicted octanol–water partition coefficient (Wildman–Crippen LogP) is 0.994. The standard InChI is InChI=1S/C12H19NO5S/c1-16-11-5-4-10(12(8-11)17-2)9-13-6-3-7-18-19(14)15/h4-5,8,13H,3,6-7,9H2,1-2H3,(H,14,15)/p-1. The van der Waals surface area contributed by atoms with E-state index in [1.54, 1.807) is 14.2 Å². The highest BCUT2D eigenvalue weighted by Crippen LogP contribution is 2.24. The second-order valence-corrected chi connectivity index (χ2v) is 4.38. The van der Waals surface area contributed by atoms with Crippen molar-refractivity contribution in [1.82, 2.24) is 5.32 Å². The highest BCUT2D eigenvalue weighted by atomic mass is 32.2. The molecule has 1 aromatic carbocycles. The monoisotopic (exact) mass is 288 g/mol. The van der Waals surface area contributed by atoms with E-state index in [0.717, 1.165) is 17.1 Å². The number of ether oxygens (including phenoxy) is 2. The Morgan fingerprint density at radius 1 is 1.32 bits per heavy atom. The van der Waals surface area contributed by atoms with E-state index in [-0.39, 0.29) is 6.61 Å². The van der Waals surface area contributed by atoms with Gasteiger partial charge in [-0.25, -0.2) is 4.21 Å². The van der Waals surface area contributed by atoms with Gasteiger partial charge in [0.15, 0.2) is 0 Å². The van der Waals surface area contributed by atoms with Crippen LogP contribution in [0.5, 0.6) is 11.5 Å². The molecule has 1 rings (SSSR count). The first-order chi connectivity index (χ1) is 9.17. The topological polar surface area (TPSA) is 79.9 Å². The van der Waals surface area contributed by atoms with Gasteiger partial charge in [-0.05, 0) is 19.0 Å². The highest BCUT2D eigenvalue weighted by Gasteiger charge is 2.04. The molecule has 6 nitrogen and oxygen atoms in total. The van der Waals surface area contributed by atoms with Gasteiger partial charge in [0.1, 0.15) is 11.5 Å². The Morgan fingerprint density at radius 2 is 2.11 bits per heavy atom. The van der Waals surface area contributed by atoms with E-state index < -0.39 is 11.4 Å². The molecule has 0 amide bonds. The summed E-state index contributed by atoms with van der Waals surface area (Å²) in [4.78, 5) is 0. The lowest BCUT2D eigenvalue weighted by Gasteiger charge is -2.11. The molecule has 0 aromatic heterocycles. The predicted molar refractivity (Wildman–Crippen MR) is 70.7 cm³/mol. The number of methoxy groups -OCH3 is 2. The van der Waals surface area contributed by atoms with Crippen LogP contribution in [0.25, 0.3) is 0 Å². The van der Waals surface area contributed by atoms with Crippen molar-refractivity contribution in [2.24, 2.45) is 0 Å². The van der Waals surface area contributed by atoms with E-state index >= 15 is 0 Å². The van der Waals surface area contributed by atoms with Crippen molar-refractivity contribution < 1.29 is 22.4 Å². The van der Waals surface area contributed by atoms with Crippen LogP contribution in [0, 0.1) is 0 Å². The summed E-state index contributed by atoms with van der Waals surface area (Å²) in [5.41, 5.74) is 1.01. The summed E-state index contributed by atoms with van der Waals surface area (Å²) in [6.45, 7) is 1.48. The molecule has 108 valence electrons. The van der Waals surface area contributed by atoms with E-state index in [4.69, 9.17) is 9.47 Å². The smallest absolute Gasteiger partial charge is 0.127 e. The molecule has 0 saturated carbocycles. The molecule has 0 aliphatic heterocycles. The molecule has 0 spiro atoms. The van der Waals surface area contributed by atoms with Crippen LogP contribution >= 0.6 is 0 Å². The average molecular weight is 288 g/mol. The number of benzene rings is 1. The number of hydrogen-bond acceptors (Lipinski definition) is 6. The van der Waals surface area contributed by atoms with E-state index in [1.807, 2.05) is 18.2 Å². The largest absolute Gasteiger partial charge is 0.750 e. The van der Waals surface area contributed by atoms with Crippen molar-refractivity contribution in [3.8, 4) is 11.5 Å². The Balaban J connectivity index is 2.34. The summed E-state index contributed by atoms with van der Waals surface area (Å²) in [7, 11) is 3.21. The quantitative estimate of drug-likeness (QED) is 0.539. The van der Waals surface area contributed by atoms with Gasteiger partial charge in [-0.2, -0.15) is 0 Å².